The maximum absolute atomic E-state index is 11.9. The van der Waals surface area contributed by atoms with Crippen molar-refractivity contribution in [3.63, 3.8) is 0 Å². The van der Waals surface area contributed by atoms with Gasteiger partial charge in [0.15, 0.2) is 5.54 Å². The molecular weight excluding hydrogens is 214 g/mol. The van der Waals surface area contributed by atoms with Crippen molar-refractivity contribution in [2.45, 2.75) is 24.8 Å². The van der Waals surface area contributed by atoms with Gasteiger partial charge in [0, 0.05) is 17.5 Å². The standard InChI is InChI=1S/C13H11N3O/c14-9-13-7-3-6-12(17)16(13)15-8-10-4-1-2-5-11(10)13/h1-2,4-5,8H,3,6-7H2. The molecule has 1 atom stereocenters. The molecule has 0 bridgehead atoms. The molecule has 1 amide bonds. The average Bonchev–Trinajstić information content (AvgIpc) is 2.38. The molecule has 1 unspecified atom stereocenters. The van der Waals surface area contributed by atoms with Gasteiger partial charge in [-0.15, -0.1) is 0 Å². The lowest BCUT2D eigenvalue weighted by atomic mass is 9.79. The molecule has 0 aromatic heterocycles. The molecule has 1 saturated heterocycles. The predicted molar refractivity (Wildman–Crippen MR) is 62.0 cm³/mol. The third kappa shape index (κ3) is 1.22. The maximum Gasteiger partial charge on any atom is 0.244 e. The second-order valence-corrected chi connectivity index (χ2v) is 4.36. The lowest BCUT2D eigenvalue weighted by Crippen LogP contribution is -2.50. The van der Waals surface area contributed by atoms with E-state index in [-0.39, 0.29) is 5.91 Å². The Hall–Kier alpha value is -2.15. The van der Waals surface area contributed by atoms with Gasteiger partial charge in [-0.3, -0.25) is 4.79 Å². The molecule has 2 heterocycles. The van der Waals surface area contributed by atoms with Crippen LogP contribution in [0.2, 0.25) is 0 Å². The normalized spacial score (nSPS) is 26.1. The van der Waals surface area contributed by atoms with Crippen molar-refractivity contribution < 1.29 is 4.79 Å². The molecule has 2 aliphatic rings. The van der Waals surface area contributed by atoms with Gasteiger partial charge in [-0.25, -0.2) is 5.01 Å². The van der Waals surface area contributed by atoms with Gasteiger partial charge in [-0.2, -0.15) is 10.4 Å². The number of hydrogen-bond acceptors (Lipinski definition) is 3. The van der Waals surface area contributed by atoms with Gasteiger partial charge < -0.3 is 0 Å². The summed E-state index contributed by atoms with van der Waals surface area (Å²) in [5.41, 5.74) is 0.936. The summed E-state index contributed by atoms with van der Waals surface area (Å²) in [5, 5.41) is 15.0. The third-order valence-corrected chi connectivity index (χ3v) is 3.43. The second-order valence-electron chi connectivity index (χ2n) is 4.36. The van der Waals surface area contributed by atoms with Crippen LogP contribution in [-0.2, 0) is 10.3 Å². The number of nitrogens with zero attached hydrogens (tertiary/aromatic N) is 3. The minimum Gasteiger partial charge on any atom is -0.273 e. The third-order valence-electron chi connectivity index (χ3n) is 3.43. The molecule has 1 aromatic carbocycles. The molecule has 0 spiro atoms. The van der Waals surface area contributed by atoms with E-state index in [1.54, 1.807) is 6.21 Å². The maximum atomic E-state index is 11.9. The van der Waals surface area contributed by atoms with Crippen LogP contribution in [0.1, 0.15) is 30.4 Å². The number of benzene rings is 1. The fourth-order valence-electron chi connectivity index (χ4n) is 2.60. The van der Waals surface area contributed by atoms with Crippen molar-refractivity contribution in [3.05, 3.63) is 35.4 Å². The topological polar surface area (TPSA) is 56.5 Å². The molecule has 2 aliphatic heterocycles. The van der Waals surface area contributed by atoms with E-state index >= 15 is 0 Å². The van der Waals surface area contributed by atoms with Gasteiger partial charge in [-0.1, -0.05) is 24.3 Å². The van der Waals surface area contributed by atoms with E-state index in [9.17, 15) is 10.1 Å². The molecular formula is C13H11N3O. The van der Waals surface area contributed by atoms with Crippen molar-refractivity contribution in [2.24, 2.45) is 5.10 Å². The minimum absolute atomic E-state index is 0.0662. The summed E-state index contributed by atoms with van der Waals surface area (Å²) in [7, 11) is 0. The molecule has 1 fully saturated rings. The van der Waals surface area contributed by atoms with Crippen LogP contribution in [-0.4, -0.2) is 17.1 Å². The molecule has 3 rings (SSSR count). The Bertz CT molecular complexity index is 558. The molecule has 0 aliphatic carbocycles. The van der Waals surface area contributed by atoms with E-state index in [1.165, 1.54) is 5.01 Å². The van der Waals surface area contributed by atoms with Gasteiger partial charge in [0.25, 0.3) is 0 Å². The van der Waals surface area contributed by atoms with Crippen molar-refractivity contribution in [3.8, 4) is 6.07 Å². The van der Waals surface area contributed by atoms with E-state index in [0.29, 0.717) is 12.8 Å². The number of amides is 1. The van der Waals surface area contributed by atoms with E-state index in [1.807, 2.05) is 24.3 Å². The summed E-state index contributed by atoms with van der Waals surface area (Å²) in [6.07, 6.45) is 3.54. The Labute approximate surface area is 99.2 Å². The number of fused-ring (bicyclic) bond motifs is 3. The van der Waals surface area contributed by atoms with Gasteiger partial charge in [-0.05, 0) is 12.8 Å². The highest BCUT2D eigenvalue weighted by atomic mass is 16.2. The predicted octanol–water partition coefficient (Wildman–Crippen LogP) is 1.77. The van der Waals surface area contributed by atoms with Crippen molar-refractivity contribution >= 4 is 12.1 Å². The van der Waals surface area contributed by atoms with Crippen LogP contribution in [0.15, 0.2) is 29.4 Å². The molecule has 17 heavy (non-hydrogen) atoms. The highest BCUT2D eigenvalue weighted by molar-refractivity contribution is 5.88. The summed E-state index contributed by atoms with van der Waals surface area (Å²) in [5.74, 6) is -0.0662. The van der Waals surface area contributed by atoms with Crippen LogP contribution in [0, 0.1) is 11.3 Å². The van der Waals surface area contributed by atoms with Crippen molar-refractivity contribution in [1.82, 2.24) is 5.01 Å². The van der Waals surface area contributed by atoms with E-state index in [0.717, 1.165) is 17.5 Å². The molecule has 4 heteroatoms. The average molecular weight is 225 g/mol. The molecule has 1 aromatic rings. The van der Waals surface area contributed by atoms with Crippen molar-refractivity contribution in [2.75, 3.05) is 0 Å². The SMILES string of the molecule is N#CC12CCCC(=O)N1N=Cc1ccccc12. The Morgan fingerprint density at radius 3 is 3.06 bits per heavy atom. The Balaban J connectivity index is 2.24. The first-order valence-electron chi connectivity index (χ1n) is 5.66. The monoisotopic (exact) mass is 225 g/mol. The fraction of sp³-hybridized carbons (Fsp3) is 0.308. The Morgan fingerprint density at radius 1 is 1.41 bits per heavy atom. The molecule has 0 saturated carbocycles. The first kappa shape index (κ1) is 10.0. The van der Waals surface area contributed by atoms with Crippen LogP contribution in [0.3, 0.4) is 0 Å². The highest BCUT2D eigenvalue weighted by Gasteiger charge is 2.47. The summed E-state index contributed by atoms with van der Waals surface area (Å²) < 4.78 is 0. The number of hydrogen-bond donors (Lipinski definition) is 0. The van der Waals surface area contributed by atoms with Crippen LogP contribution in [0.25, 0.3) is 0 Å². The van der Waals surface area contributed by atoms with Crippen LogP contribution < -0.4 is 0 Å². The molecule has 84 valence electrons. The largest absolute Gasteiger partial charge is 0.273 e. The molecule has 0 N–H and O–H groups in total. The molecule has 4 nitrogen and oxygen atoms in total. The van der Waals surface area contributed by atoms with Crippen LogP contribution >= 0.6 is 0 Å². The van der Waals surface area contributed by atoms with Crippen molar-refractivity contribution in [1.29, 1.82) is 5.26 Å². The minimum atomic E-state index is -0.888. The zero-order chi connectivity index (χ0) is 11.9. The van der Waals surface area contributed by atoms with Crippen LogP contribution in [0.5, 0.6) is 0 Å². The number of carbonyl (C=O) groups excluding carboxylic acids is 1. The number of piperidine rings is 1. The lowest BCUT2D eigenvalue weighted by Gasteiger charge is -2.41. The fourth-order valence-corrected chi connectivity index (χ4v) is 2.60. The summed E-state index contributed by atoms with van der Waals surface area (Å²) >= 11 is 0. The summed E-state index contributed by atoms with van der Waals surface area (Å²) in [6, 6.07) is 9.94. The first-order chi connectivity index (χ1) is 8.28. The zero-order valence-corrected chi connectivity index (χ0v) is 9.26. The van der Waals surface area contributed by atoms with E-state index < -0.39 is 5.54 Å². The second kappa shape index (κ2) is 3.42. The summed E-state index contributed by atoms with van der Waals surface area (Å²) in [4.78, 5) is 11.9. The Kier molecular flexibility index (Phi) is 2.02. The highest BCUT2D eigenvalue weighted by Crippen LogP contribution is 2.41. The van der Waals surface area contributed by atoms with Gasteiger partial charge >= 0.3 is 0 Å². The first-order valence-corrected chi connectivity index (χ1v) is 5.66. The van der Waals surface area contributed by atoms with Gasteiger partial charge in [0.05, 0.1) is 12.3 Å². The van der Waals surface area contributed by atoms with Crippen LogP contribution in [0.4, 0.5) is 0 Å². The number of nitriles is 1. The summed E-state index contributed by atoms with van der Waals surface area (Å²) in [6.45, 7) is 0. The van der Waals surface area contributed by atoms with Gasteiger partial charge in [0.1, 0.15) is 0 Å². The lowest BCUT2D eigenvalue weighted by molar-refractivity contribution is -0.140. The number of hydrazone groups is 1. The quantitative estimate of drug-likeness (QED) is 0.675. The number of carbonyl (C=O) groups is 1. The Morgan fingerprint density at radius 2 is 2.24 bits per heavy atom. The molecule has 0 radical (unpaired) electrons. The smallest absolute Gasteiger partial charge is 0.244 e. The van der Waals surface area contributed by atoms with E-state index in [4.69, 9.17) is 0 Å². The van der Waals surface area contributed by atoms with Gasteiger partial charge in [0.2, 0.25) is 5.91 Å². The zero-order valence-electron chi connectivity index (χ0n) is 9.26. The number of rotatable bonds is 0. The van der Waals surface area contributed by atoms with E-state index in [2.05, 4.69) is 11.2 Å².